The summed E-state index contributed by atoms with van der Waals surface area (Å²) in [5.74, 6) is 0.197. The maximum atomic E-state index is 9.07. The summed E-state index contributed by atoms with van der Waals surface area (Å²) in [6, 6.07) is 8.36. The third-order valence-electron chi connectivity index (χ3n) is 2.60. The summed E-state index contributed by atoms with van der Waals surface area (Å²) >= 11 is 0. The number of aliphatic hydroxyl groups excluding tert-OH is 1. The normalized spacial score (nSPS) is 12.8. The smallest absolute Gasteiger partial charge is 0.0474 e. The highest BCUT2D eigenvalue weighted by Crippen LogP contribution is 2.14. The fourth-order valence-corrected chi connectivity index (χ4v) is 1.63. The first-order valence-electron chi connectivity index (χ1n) is 5.19. The first kappa shape index (κ1) is 11.2. The summed E-state index contributed by atoms with van der Waals surface area (Å²) in [5.41, 5.74) is 8.24. The van der Waals surface area contributed by atoms with E-state index in [0.717, 1.165) is 12.8 Å². The van der Waals surface area contributed by atoms with Crippen LogP contribution in [0.1, 0.15) is 18.1 Å². The lowest BCUT2D eigenvalue weighted by atomic mass is 9.95. The van der Waals surface area contributed by atoms with Gasteiger partial charge in [0.15, 0.2) is 0 Å². The number of benzene rings is 1. The predicted molar refractivity (Wildman–Crippen MR) is 59.2 cm³/mol. The van der Waals surface area contributed by atoms with E-state index in [1.54, 1.807) is 0 Å². The van der Waals surface area contributed by atoms with Crippen LogP contribution in [0.4, 0.5) is 0 Å². The Bertz CT molecular complexity index is 269. The lowest BCUT2D eigenvalue weighted by Gasteiger charge is -2.13. The molecular formula is C12H19NO. The molecule has 1 unspecified atom stereocenters. The minimum atomic E-state index is 0.175. The average Bonchev–Trinajstić information content (AvgIpc) is 2.26. The molecule has 0 spiro atoms. The van der Waals surface area contributed by atoms with Crippen LogP contribution in [0, 0.1) is 5.92 Å². The number of aryl methyl sites for hydroxylation is 1. The molecule has 0 saturated heterocycles. The van der Waals surface area contributed by atoms with Crippen LogP contribution in [-0.2, 0) is 12.8 Å². The largest absolute Gasteiger partial charge is 0.396 e. The van der Waals surface area contributed by atoms with E-state index in [9.17, 15) is 0 Å². The molecule has 0 saturated carbocycles. The molecule has 0 heterocycles. The van der Waals surface area contributed by atoms with Gasteiger partial charge in [0.2, 0.25) is 0 Å². The summed E-state index contributed by atoms with van der Waals surface area (Å²) < 4.78 is 0. The second-order valence-corrected chi connectivity index (χ2v) is 3.61. The topological polar surface area (TPSA) is 46.2 Å². The van der Waals surface area contributed by atoms with Crippen LogP contribution in [0.2, 0.25) is 0 Å². The van der Waals surface area contributed by atoms with E-state index in [-0.39, 0.29) is 12.5 Å². The predicted octanol–water partition coefficient (Wildman–Crippen LogP) is 1.36. The van der Waals surface area contributed by atoms with E-state index in [1.165, 1.54) is 11.1 Å². The second-order valence-electron chi connectivity index (χ2n) is 3.61. The van der Waals surface area contributed by atoms with Crippen molar-refractivity contribution in [3.63, 3.8) is 0 Å². The molecule has 0 aliphatic carbocycles. The number of nitrogens with two attached hydrogens (primary N) is 1. The molecule has 78 valence electrons. The summed E-state index contributed by atoms with van der Waals surface area (Å²) in [4.78, 5) is 0. The quantitative estimate of drug-likeness (QED) is 0.741. The standard InChI is InChI=1S/C12H19NO/c1-2-11-5-3-4-6-12(11)7-10(8-13)9-14/h3-6,10,14H,2,7-9,13H2,1H3. The van der Waals surface area contributed by atoms with Crippen LogP contribution < -0.4 is 5.73 Å². The van der Waals surface area contributed by atoms with Crippen molar-refractivity contribution in [1.29, 1.82) is 0 Å². The van der Waals surface area contributed by atoms with Gasteiger partial charge in [-0.05, 0) is 36.4 Å². The van der Waals surface area contributed by atoms with Crippen molar-refractivity contribution in [2.75, 3.05) is 13.2 Å². The Labute approximate surface area is 85.8 Å². The van der Waals surface area contributed by atoms with Gasteiger partial charge in [0.1, 0.15) is 0 Å². The third-order valence-corrected chi connectivity index (χ3v) is 2.60. The molecule has 1 atom stereocenters. The molecule has 14 heavy (non-hydrogen) atoms. The fraction of sp³-hybridized carbons (Fsp3) is 0.500. The van der Waals surface area contributed by atoms with Crippen molar-refractivity contribution in [2.24, 2.45) is 11.7 Å². The zero-order valence-electron chi connectivity index (χ0n) is 8.74. The van der Waals surface area contributed by atoms with E-state index in [0.29, 0.717) is 6.54 Å². The van der Waals surface area contributed by atoms with Gasteiger partial charge in [-0.1, -0.05) is 31.2 Å². The molecule has 0 aromatic heterocycles. The van der Waals surface area contributed by atoms with Gasteiger partial charge in [-0.3, -0.25) is 0 Å². The van der Waals surface area contributed by atoms with E-state index >= 15 is 0 Å². The van der Waals surface area contributed by atoms with E-state index in [4.69, 9.17) is 10.8 Å². The number of hydrogen-bond acceptors (Lipinski definition) is 2. The van der Waals surface area contributed by atoms with Crippen LogP contribution in [0.3, 0.4) is 0 Å². The minimum absolute atomic E-state index is 0.175. The van der Waals surface area contributed by atoms with Crippen LogP contribution in [0.5, 0.6) is 0 Å². The molecule has 0 radical (unpaired) electrons. The van der Waals surface area contributed by atoms with Gasteiger partial charge >= 0.3 is 0 Å². The number of rotatable bonds is 5. The Morgan fingerprint density at radius 1 is 1.29 bits per heavy atom. The van der Waals surface area contributed by atoms with Crippen LogP contribution in [0.25, 0.3) is 0 Å². The summed E-state index contributed by atoms with van der Waals surface area (Å²) in [5, 5.41) is 9.07. The molecule has 0 aliphatic rings. The van der Waals surface area contributed by atoms with Gasteiger partial charge in [-0.25, -0.2) is 0 Å². The minimum Gasteiger partial charge on any atom is -0.396 e. The summed E-state index contributed by atoms with van der Waals surface area (Å²) in [6.07, 6.45) is 1.93. The van der Waals surface area contributed by atoms with Crippen molar-refractivity contribution in [3.8, 4) is 0 Å². The zero-order valence-corrected chi connectivity index (χ0v) is 8.74. The fourth-order valence-electron chi connectivity index (χ4n) is 1.63. The SMILES string of the molecule is CCc1ccccc1CC(CN)CO. The van der Waals surface area contributed by atoms with Crippen molar-refractivity contribution < 1.29 is 5.11 Å². The van der Waals surface area contributed by atoms with Gasteiger partial charge in [-0.15, -0.1) is 0 Å². The van der Waals surface area contributed by atoms with Gasteiger partial charge in [-0.2, -0.15) is 0 Å². The molecule has 0 fully saturated rings. The lowest BCUT2D eigenvalue weighted by Crippen LogP contribution is -2.20. The highest BCUT2D eigenvalue weighted by Gasteiger charge is 2.08. The summed E-state index contributed by atoms with van der Waals surface area (Å²) in [6.45, 7) is 2.87. The van der Waals surface area contributed by atoms with E-state index in [2.05, 4.69) is 25.1 Å². The van der Waals surface area contributed by atoms with Crippen LogP contribution in [0.15, 0.2) is 24.3 Å². The second kappa shape index (κ2) is 5.78. The molecule has 0 aliphatic heterocycles. The maximum Gasteiger partial charge on any atom is 0.0474 e. The van der Waals surface area contributed by atoms with Gasteiger partial charge in [0, 0.05) is 6.61 Å². The van der Waals surface area contributed by atoms with E-state index in [1.807, 2.05) is 6.07 Å². The molecular weight excluding hydrogens is 174 g/mol. The highest BCUT2D eigenvalue weighted by atomic mass is 16.3. The maximum absolute atomic E-state index is 9.07. The monoisotopic (exact) mass is 193 g/mol. The Balaban J connectivity index is 2.74. The van der Waals surface area contributed by atoms with Gasteiger partial charge < -0.3 is 10.8 Å². The number of aliphatic hydroxyl groups is 1. The number of hydrogen-bond donors (Lipinski definition) is 2. The van der Waals surface area contributed by atoms with Crippen molar-refractivity contribution in [1.82, 2.24) is 0 Å². The first-order chi connectivity index (χ1) is 6.81. The zero-order chi connectivity index (χ0) is 10.4. The summed E-state index contributed by atoms with van der Waals surface area (Å²) in [7, 11) is 0. The highest BCUT2D eigenvalue weighted by molar-refractivity contribution is 5.27. The molecule has 2 nitrogen and oxygen atoms in total. The van der Waals surface area contributed by atoms with E-state index < -0.39 is 0 Å². The molecule has 1 aromatic carbocycles. The van der Waals surface area contributed by atoms with Gasteiger partial charge in [0.05, 0.1) is 0 Å². The Kier molecular flexibility index (Phi) is 4.63. The molecule has 1 rings (SSSR count). The molecule has 2 heteroatoms. The molecule has 3 N–H and O–H groups in total. The van der Waals surface area contributed by atoms with Crippen molar-refractivity contribution in [3.05, 3.63) is 35.4 Å². The Hall–Kier alpha value is -0.860. The average molecular weight is 193 g/mol. The van der Waals surface area contributed by atoms with Crippen molar-refractivity contribution in [2.45, 2.75) is 19.8 Å². The van der Waals surface area contributed by atoms with Gasteiger partial charge in [0.25, 0.3) is 0 Å². The Morgan fingerprint density at radius 3 is 2.43 bits per heavy atom. The molecule has 0 bridgehead atoms. The van der Waals surface area contributed by atoms with Crippen molar-refractivity contribution >= 4 is 0 Å². The lowest BCUT2D eigenvalue weighted by molar-refractivity contribution is 0.229. The Morgan fingerprint density at radius 2 is 1.93 bits per heavy atom. The van der Waals surface area contributed by atoms with Crippen LogP contribution in [-0.4, -0.2) is 18.3 Å². The molecule has 0 amide bonds. The molecule has 1 aromatic rings. The first-order valence-corrected chi connectivity index (χ1v) is 5.19. The third kappa shape index (κ3) is 2.82. The van der Waals surface area contributed by atoms with Crippen LogP contribution >= 0.6 is 0 Å².